The first-order valence-corrected chi connectivity index (χ1v) is 9.04. The number of piperidine rings is 1. The van der Waals surface area contributed by atoms with E-state index in [1.54, 1.807) is 6.07 Å². The van der Waals surface area contributed by atoms with E-state index in [0.29, 0.717) is 17.6 Å². The van der Waals surface area contributed by atoms with Gasteiger partial charge in [0.15, 0.2) is 0 Å². The molecule has 1 aliphatic rings. The second-order valence-corrected chi connectivity index (χ2v) is 7.65. The number of para-hydroxylation sites is 1. The summed E-state index contributed by atoms with van der Waals surface area (Å²) in [6, 6.07) is 4.34. The minimum atomic E-state index is -3.75. The molecule has 0 aliphatic carbocycles. The highest BCUT2D eigenvalue weighted by Gasteiger charge is 2.29. The van der Waals surface area contributed by atoms with Gasteiger partial charge in [0.25, 0.3) is 0 Å². The zero-order valence-electron chi connectivity index (χ0n) is 11.8. The van der Waals surface area contributed by atoms with Crippen LogP contribution in [-0.4, -0.2) is 39.4 Å². The van der Waals surface area contributed by atoms with E-state index in [2.05, 4.69) is 26.0 Å². The molecule has 1 aliphatic heterocycles. The lowest BCUT2D eigenvalue weighted by molar-refractivity contribution is 0.264. The maximum absolute atomic E-state index is 13.8. The van der Waals surface area contributed by atoms with Crippen molar-refractivity contribution in [2.75, 3.05) is 31.4 Å². The number of anilines is 1. The van der Waals surface area contributed by atoms with Gasteiger partial charge in [-0.3, -0.25) is 4.72 Å². The second-order valence-electron chi connectivity index (χ2n) is 5.13. The van der Waals surface area contributed by atoms with Crippen molar-refractivity contribution in [1.29, 1.82) is 0 Å². The van der Waals surface area contributed by atoms with E-state index in [0.717, 1.165) is 19.4 Å². The van der Waals surface area contributed by atoms with Crippen LogP contribution in [0.3, 0.4) is 0 Å². The van der Waals surface area contributed by atoms with Crippen LogP contribution in [0.2, 0.25) is 0 Å². The van der Waals surface area contributed by atoms with E-state index >= 15 is 0 Å². The largest absolute Gasteiger partial charge is 0.319 e. The molecule has 0 radical (unpaired) electrons. The molecule has 1 atom stereocenters. The first-order chi connectivity index (χ1) is 9.94. The van der Waals surface area contributed by atoms with Gasteiger partial charge in [-0.2, -0.15) is 12.7 Å². The summed E-state index contributed by atoms with van der Waals surface area (Å²) in [5.41, 5.74) is -0.0479. The van der Waals surface area contributed by atoms with Gasteiger partial charge in [-0.15, -0.1) is 0 Å². The zero-order valence-corrected chi connectivity index (χ0v) is 14.2. The van der Waals surface area contributed by atoms with Gasteiger partial charge in [-0.25, -0.2) is 4.39 Å². The first kappa shape index (κ1) is 16.7. The standard InChI is InChI=1S/C13H19BrFN3O2S/c1-16-8-10-4-3-7-18(9-10)21(19,20)17-13-11(14)5-2-6-12(13)15/h2,5-6,10,16-17H,3-4,7-9H2,1H3. The normalized spacial score (nSPS) is 20.4. The van der Waals surface area contributed by atoms with Crippen molar-refractivity contribution in [2.45, 2.75) is 12.8 Å². The molecule has 21 heavy (non-hydrogen) atoms. The summed E-state index contributed by atoms with van der Waals surface area (Å²) in [4.78, 5) is 0. The third kappa shape index (κ3) is 4.15. The van der Waals surface area contributed by atoms with Crippen molar-refractivity contribution in [3.63, 3.8) is 0 Å². The van der Waals surface area contributed by atoms with E-state index in [1.807, 2.05) is 7.05 Å². The maximum Gasteiger partial charge on any atom is 0.301 e. The topological polar surface area (TPSA) is 61.4 Å². The van der Waals surface area contributed by atoms with E-state index in [9.17, 15) is 12.8 Å². The van der Waals surface area contributed by atoms with Gasteiger partial charge >= 0.3 is 10.2 Å². The fourth-order valence-electron chi connectivity index (χ4n) is 2.49. The van der Waals surface area contributed by atoms with Crippen molar-refractivity contribution in [3.8, 4) is 0 Å². The first-order valence-electron chi connectivity index (χ1n) is 6.80. The van der Waals surface area contributed by atoms with Gasteiger partial charge in [0, 0.05) is 17.6 Å². The Bertz CT molecular complexity index is 575. The van der Waals surface area contributed by atoms with E-state index in [-0.39, 0.29) is 11.6 Å². The summed E-state index contributed by atoms with van der Waals surface area (Å²) < 4.78 is 42.7. The van der Waals surface area contributed by atoms with Gasteiger partial charge in [0.2, 0.25) is 0 Å². The van der Waals surface area contributed by atoms with Gasteiger partial charge < -0.3 is 5.32 Å². The lowest BCUT2D eigenvalue weighted by Gasteiger charge is -2.32. The summed E-state index contributed by atoms with van der Waals surface area (Å²) in [7, 11) is -1.90. The van der Waals surface area contributed by atoms with Crippen LogP contribution >= 0.6 is 15.9 Å². The van der Waals surface area contributed by atoms with Crippen LogP contribution in [0, 0.1) is 11.7 Å². The van der Waals surface area contributed by atoms with Crippen LogP contribution in [0.1, 0.15) is 12.8 Å². The van der Waals surface area contributed by atoms with Crippen LogP contribution < -0.4 is 10.0 Å². The minimum absolute atomic E-state index is 0.0479. The molecular weight excluding hydrogens is 361 g/mol. The molecule has 118 valence electrons. The van der Waals surface area contributed by atoms with E-state index in [4.69, 9.17) is 0 Å². The molecule has 1 aromatic carbocycles. The quantitative estimate of drug-likeness (QED) is 0.823. The monoisotopic (exact) mass is 379 g/mol. The molecule has 0 bridgehead atoms. The summed E-state index contributed by atoms with van der Waals surface area (Å²) in [6.07, 6.45) is 1.81. The van der Waals surface area contributed by atoms with Crippen LogP contribution in [0.25, 0.3) is 0 Å². The molecule has 1 saturated heterocycles. The van der Waals surface area contributed by atoms with Crippen LogP contribution in [-0.2, 0) is 10.2 Å². The number of rotatable bonds is 5. The lowest BCUT2D eigenvalue weighted by Crippen LogP contribution is -2.44. The Balaban J connectivity index is 2.14. The fraction of sp³-hybridized carbons (Fsp3) is 0.538. The lowest BCUT2D eigenvalue weighted by atomic mass is 10.00. The molecule has 1 aromatic rings. The highest BCUT2D eigenvalue weighted by molar-refractivity contribution is 9.10. The molecule has 0 spiro atoms. The summed E-state index contributed by atoms with van der Waals surface area (Å²) in [5, 5.41) is 3.07. The highest BCUT2D eigenvalue weighted by atomic mass is 79.9. The smallest absolute Gasteiger partial charge is 0.301 e. The van der Waals surface area contributed by atoms with E-state index < -0.39 is 16.0 Å². The van der Waals surface area contributed by atoms with Gasteiger partial charge in [0.05, 0.1) is 5.69 Å². The summed E-state index contributed by atoms with van der Waals surface area (Å²) in [5.74, 6) is -0.318. The van der Waals surface area contributed by atoms with Crippen molar-refractivity contribution < 1.29 is 12.8 Å². The molecule has 1 heterocycles. The average molecular weight is 380 g/mol. The molecule has 5 nitrogen and oxygen atoms in total. The molecule has 8 heteroatoms. The number of halogens is 2. The van der Waals surface area contributed by atoms with Gasteiger partial charge in [0.1, 0.15) is 5.82 Å². The molecule has 2 rings (SSSR count). The SMILES string of the molecule is CNCC1CCCN(S(=O)(=O)Nc2c(F)cccc2Br)C1. The maximum atomic E-state index is 13.8. The molecular formula is C13H19BrFN3O2S. The van der Waals surface area contributed by atoms with Crippen LogP contribution in [0.15, 0.2) is 22.7 Å². The zero-order chi connectivity index (χ0) is 15.5. The fourth-order valence-corrected chi connectivity index (χ4v) is 4.43. The Morgan fingerprint density at radius 1 is 1.48 bits per heavy atom. The van der Waals surface area contributed by atoms with Crippen molar-refractivity contribution in [1.82, 2.24) is 9.62 Å². The minimum Gasteiger partial charge on any atom is -0.319 e. The molecule has 2 N–H and O–H groups in total. The number of nitrogens with zero attached hydrogens (tertiary/aromatic N) is 1. The van der Waals surface area contributed by atoms with Crippen LogP contribution in [0.4, 0.5) is 10.1 Å². The molecule has 1 fully saturated rings. The highest BCUT2D eigenvalue weighted by Crippen LogP contribution is 2.28. The van der Waals surface area contributed by atoms with Crippen molar-refractivity contribution >= 4 is 31.8 Å². The Labute approximate surface area is 133 Å². The number of hydrogen-bond donors (Lipinski definition) is 2. The van der Waals surface area contributed by atoms with E-state index in [1.165, 1.54) is 16.4 Å². The summed E-state index contributed by atoms with van der Waals surface area (Å²) >= 11 is 3.17. The van der Waals surface area contributed by atoms with Crippen LogP contribution in [0.5, 0.6) is 0 Å². The van der Waals surface area contributed by atoms with Gasteiger partial charge in [-0.05, 0) is 60.4 Å². The number of hydrogen-bond acceptors (Lipinski definition) is 3. The van der Waals surface area contributed by atoms with Crippen molar-refractivity contribution in [3.05, 3.63) is 28.5 Å². The number of nitrogens with one attached hydrogen (secondary N) is 2. The molecule has 1 unspecified atom stereocenters. The Kier molecular flexibility index (Phi) is 5.59. The Morgan fingerprint density at radius 2 is 2.24 bits per heavy atom. The second kappa shape index (κ2) is 7.04. The molecule has 0 aromatic heterocycles. The third-order valence-electron chi connectivity index (χ3n) is 3.51. The Morgan fingerprint density at radius 3 is 2.90 bits per heavy atom. The Hall–Kier alpha value is -0.700. The third-order valence-corrected chi connectivity index (χ3v) is 5.64. The molecule has 0 amide bonds. The van der Waals surface area contributed by atoms with Crippen molar-refractivity contribution in [2.24, 2.45) is 5.92 Å². The molecule has 0 saturated carbocycles. The average Bonchev–Trinajstić information content (AvgIpc) is 2.44. The summed E-state index contributed by atoms with van der Waals surface area (Å²) in [6.45, 7) is 1.68. The van der Waals surface area contributed by atoms with Gasteiger partial charge in [-0.1, -0.05) is 6.07 Å². The predicted molar refractivity (Wildman–Crippen MR) is 84.9 cm³/mol. The number of benzene rings is 1. The predicted octanol–water partition coefficient (Wildman–Crippen LogP) is 2.18.